The number of thioether (sulfide) groups is 1. The molecule has 2 aromatic carbocycles. The second-order valence-corrected chi connectivity index (χ2v) is 7.32. The van der Waals surface area contributed by atoms with Gasteiger partial charge in [-0.3, -0.25) is 0 Å². The molecular formula is C19H16F2N4OS. The molecule has 1 atom stereocenters. The van der Waals surface area contributed by atoms with Gasteiger partial charge in [0.1, 0.15) is 21.5 Å². The van der Waals surface area contributed by atoms with Crippen molar-refractivity contribution in [1.82, 2.24) is 10.2 Å². The largest absolute Gasteiger partial charge is 0.407 e. The van der Waals surface area contributed by atoms with Gasteiger partial charge >= 0.3 is 6.01 Å². The normalized spacial score (nSPS) is 19.4. The highest BCUT2D eigenvalue weighted by molar-refractivity contribution is 8.15. The number of benzene rings is 2. The fourth-order valence-electron chi connectivity index (χ4n) is 3.04. The van der Waals surface area contributed by atoms with Crippen LogP contribution in [0.15, 0.2) is 58.0 Å². The highest BCUT2D eigenvalue weighted by atomic mass is 32.2. The van der Waals surface area contributed by atoms with Crippen molar-refractivity contribution in [1.29, 1.82) is 0 Å². The maximum Gasteiger partial charge on any atom is 0.340 e. The lowest BCUT2D eigenvalue weighted by Crippen LogP contribution is -2.37. The molecule has 1 aliphatic heterocycles. The van der Waals surface area contributed by atoms with Gasteiger partial charge in [-0.1, -0.05) is 54.1 Å². The molecule has 138 valence electrons. The van der Waals surface area contributed by atoms with Crippen LogP contribution in [0.1, 0.15) is 30.4 Å². The van der Waals surface area contributed by atoms with Crippen LogP contribution in [0.25, 0.3) is 0 Å². The first-order valence-electron chi connectivity index (χ1n) is 8.42. The van der Waals surface area contributed by atoms with Gasteiger partial charge in [0, 0.05) is 12.5 Å². The Kier molecular flexibility index (Phi) is 4.43. The van der Waals surface area contributed by atoms with Crippen LogP contribution in [-0.4, -0.2) is 15.2 Å². The fourth-order valence-corrected chi connectivity index (χ4v) is 4.35. The Morgan fingerprint density at radius 3 is 2.56 bits per heavy atom. The van der Waals surface area contributed by atoms with E-state index in [-0.39, 0.29) is 11.6 Å². The Hall–Kier alpha value is -2.74. The number of rotatable bonds is 4. The summed E-state index contributed by atoms with van der Waals surface area (Å²) in [6.45, 7) is 3.68. The monoisotopic (exact) mass is 386 g/mol. The topological polar surface area (TPSA) is 54.5 Å². The van der Waals surface area contributed by atoms with Gasteiger partial charge in [-0.15, -0.1) is 5.10 Å². The van der Waals surface area contributed by atoms with Crippen LogP contribution in [0.5, 0.6) is 0 Å². The molecule has 4 rings (SSSR count). The summed E-state index contributed by atoms with van der Waals surface area (Å²) in [5.41, 5.74) is 1.05. The summed E-state index contributed by atoms with van der Waals surface area (Å²) >= 11 is 1.34. The molecule has 0 spiro atoms. The molecule has 3 aromatic rings. The number of anilines is 1. The number of aromatic nitrogens is 2. The van der Waals surface area contributed by atoms with Gasteiger partial charge in [0.05, 0.1) is 0 Å². The van der Waals surface area contributed by atoms with E-state index in [1.165, 1.54) is 11.8 Å². The fraction of sp³-hybridized carbons (Fsp3) is 0.211. The third-order valence-electron chi connectivity index (χ3n) is 4.36. The first-order chi connectivity index (χ1) is 13.0. The zero-order valence-electron chi connectivity index (χ0n) is 14.7. The van der Waals surface area contributed by atoms with E-state index in [0.717, 1.165) is 23.8 Å². The summed E-state index contributed by atoms with van der Waals surface area (Å²) in [6.07, 6.45) is 0.618. The van der Waals surface area contributed by atoms with E-state index in [2.05, 4.69) is 15.3 Å². The van der Waals surface area contributed by atoms with E-state index >= 15 is 0 Å². The van der Waals surface area contributed by atoms with Crippen LogP contribution in [0.3, 0.4) is 0 Å². The summed E-state index contributed by atoms with van der Waals surface area (Å²) in [4.78, 5) is -0.714. The van der Waals surface area contributed by atoms with E-state index in [9.17, 15) is 8.78 Å². The van der Waals surface area contributed by atoms with Gasteiger partial charge in [-0.05, 0) is 30.2 Å². The summed E-state index contributed by atoms with van der Waals surface area (Å²) < 4.78 is 33.7. The average Bonchev–Trinajstić information content (AvgIpc) is 3.28. The summed E-state index contributed by atoms with van der Waals surface area (Å²) in [6, 6.07) is 13.2. The standard InChI is InChI=1S/C19H16F2N4OS/c1-3-19(13-7-5-4-6-8-13)25(18-23-22-12(2)26-18)24-17(27-19)15-11-14(20)9-10-16(15)21/h4-11H,3H2,1-2H3. The zero-order chi connectivity index (χ0) is 19.0. The molecule has 1 aliphatic rings. The number of hydrogen-bond donors (Lipinski definition) is 0. The molecule has 27 heavy (non-hydrogen) atoms. The smallest absolute Gasteiger partial charge is 0.340 e. The number of nitrogens with zero attached hydrogens (tertiary/aromatic N) is 4. The highest BCUT2D eigenvalue weighted by Gasteiger charge is 2.47. The van der Waals surface area contributed by atoms with Gasteiger partial charge in [-0.2, -0.15) is 10.1 Å². The van der Waals surface area contributed by atoms with Crippen LogP contribution >= 0.6 is 11.8 Å². The van der Waals surface area contributed by atoms with Crippen molar-refractivity contribution >= 4 is 22.8 Å². The summed E-state index contributed by atoms with van der Waals surface area (Å²) in [5.74, 6) is -0.665. The van der Waals surface area contributed by atoms with Crippen molar-refractivity contribution < 1.29 is 13.2 Å². The van der Waals surface area contributed by atoms with E-state index in [4.69, 9.17) is 4.42 Å². The van der Waals surface area contributed by atoms with Gasteiger partial charge in [0.15, 0.2) is 0 Å². The molecule has 0 fully saturated rings. The van der Waals surface area contributed by atoms with Crippen LogP contribution in [0, 0.1) is 18.6 Å². The Bertz CT molecular complexity index is 1010. The molecule has 8 heteroatoms. The molecule has 1 aromatic heterocycles. The van der Waals surface area contributed by atoms with Crippen molar-refractivity contribution in [2.24, 2.45) is 5.10 Å². The lowest BCUT2D eigenvalue weighted by Gasteiger charge is -2.33. The van der Waals surface area contributed by atoms with Crippen molar-refractivity contribution in [3.8, 4) is 0 Å². The molecule has 0 amide bonds. The second-order valence-electron chi connectivity index (χ2n) is 6.05. The SMILES string of the molecule is CCC1(c2ccccc2)SC(c2cc(F)ccc2F)=NN1c1nnc(C)o1. The minimum Gasteiger partial charge on any atom is -0.407 e. The molecule has 0 saturated carbocycles. The Morgan fingerprint density at radius 2 is 1.89 bits per heavy atom. The number of halogens is 2. The van der Waals surface area contributed by atoms with Gasteiger partial charge in [0.2, 0.25) is 5.89 Å². The van der Waals surface area contributed by atoms with E-state index in [1.807, 2.05) is 37.3 Å². The summed E-state index contributed by atoms with van der Waals surface area (Å²) in [5, 5.41) is 14.5. The van der Waals surface area contributed by atoms with Crippen molar-refractivity contribution in [3.05, 3.63) is 77.2 Å². The van der Waals surface area contributed by atoms with Crippen LogP contribution < -0.4 is 5.01 Å². The molecule has 0 radical (unpaired) electrons. The number of hydrazone groups is 1. The minimum absolute atomic E-state index is 0.104. The van der Waals surface area contributed by atoms with Gasteiger partial charge in [0.25, 0.3) is 0 Å². The maximum atomic E-state index is 14.4. The van der Waals surface area contributed by atoms with E-state index in [1.54, 1.807) is 11.9 Å². The van der Waals surface area contributed by atoms with Gasteiger partial charge in [-0.25, -0.2) is 8.78 Å². The second kappa shape index (κ2) is 6.77. The predicted octanol–water partition coefficient (Wildman–Crippen LogP) is 4.83. The maximum absolute atomic E-state index is 14.4. The first-order valence-corrected chi connectivity index (χ1v) is 9.24. The molecular weight excluding hydrogens is 370 g/mol. The van der Waals surface area contributed by atoms with E-state index in [0.29, 0.717) is 17.4 Å². The quantitative estimate of drug-likeness (QED) is 0.643. The molecule has 1 unspecified atom stereocenters. The number of hydrogen-bond acceptors (Lipinski definition) is 6. The minimum atomic E-state index is -0.714. The van der Waals surface area contributed by atoms with Crippen LogP contribution in [0.2, 0.25) is 0 Å². The molecule has 0 N–H and O–H groups in total. The summed E-state index contributed by atoms with van der Waals surface area (Å²) in [7, 11) is 0. The zero-order valence-corrected chi connectivity index (χ0v) is 15.5. The van der Waals surface area contributed by atoms with Crippen LogP contribution in [-0.2, 0) is 4.87 Å². The van der Waals surface area contributed by atoms with Gasteiger partial charge < -0.3 is 4.42 Å². The van der Waals surface area contributed by atoms with E-state index < -0.39 is 16.5 Å². The van der Waals surface area contributed by atoms with Crippen molar-refractivity contribution in [2.75, 3.05) is 5.01 Å². The van der Waals surface area contributed by atoms with Crippen LogP contribution in [0.4, 0.5) is 14.8 Å². The van der Waals surface area contributed by atoms with Crippen molar-refractivity contribution in [2.45, 2.75) is 25.1 Å². The lowest BCUT2D eigenvalue weighted by molar-refractivity contribution is 0.463. The molecule has 0 aliphatic carbocycles. The predicted molar refractivity (Wildman–Crippen MR) is 100 cm³/mol. The Balaban J connectivity index is 1.88. The molecule has 0 saturated heterocycles. The third kappa shape index (κ3) is 2.99. The number of aryl methyl sites for hydroxylation is 1. The lowest BCUT2D eigenvalue weighted by atomic mass is 10.0. The Labute approximate surface area is 159 Å². The molecule has 0 bridgehead atoms. The Morgan fingerprint density at radius 1 is 1.11 bits per heavy atom. The highest BCUT2D eigenvalue weighted by Crippen LogP contribution is 2.51. The first kappa shape index (κ1) is 17.7. The molecule has 2 heterocycles. The third-order valence-corrected chi connectivity index (χ3v) is 5.89. The van der Waals surface area contributed by atoms with Crippen molar-refractivity contribution in [3.63, 3.8) is 0 Å². The molecule has 5 nitrogen and oxygen atoms in total. The average molecular weight is 386 g/mol.